The Morgan fingerprint density at radius 2 is 2.11 bits per heavy atom. The van der Waals surface area contributed by atoms with Crippen LogP contribution < -0.4 is 0 Å². The van der Waals surface area contributed by atoms with Crippen LogP contribution in [0.4, 0.5) is 0 Å². The van der Waals surface area contributed by atoms with Gasteiger partial charge in [-0.15, -0.1) is 11.6 Å². The molecular formula is C14H17ClINO. The highest BCUT2D eigenvalue weighted by atomic mass is 127. The Labute approximate surface area is 127 Å². The van der Waals surface area contributed by atoms with Gasteiger partial charge in [-0.05, 0) is 53.6 Å². The summed E-state index contributed by atoms with van der Waals surface area (Å²) in [7, 11) is 1.87. The van der Waals surface area contributed by atoms with Gasteiger partial charge >= 0.3 is 0 Å². The second-order valence-electron chi connectivity index (χ2n) is 4.79. The van der Waals surface area contributed by atoms with E-state index < -0.39 is 0 Å². The largest absolute Gasteiger partial charge is 0.337 e. The van der Waals surface area contributed by atoms with E-state index >= 15 is 0 Å². The first kappa shape index (κ1) is 14.1. The topological polar surface area (TPSA) is 20.3 Å². The predicted molar refractivity (Wildman–Crippen MR) is 83.1 cm³/mol. The first-order chi connectivity index (χ1) is 8.59. The molecule has 0 aromatic heterocycles. The van der Waals surface area contributed by atoms with Gasteiger partial charge in [0.2, 0.25) is 0 Å². The maximum Gasteiger partial charge on any atom is 0.253 e. The number of rotatable bonds is 2. The number of nitrogens with zero attached hydrogens (tertiary/aromatic N) is 1. The van der Waals surface area contributed by atoms with Gasteiger partial charge in [0.05, 0.1) is 5.38 Å². The van der Waals surface area contributed by atoms with Crippen molar-refractivity contribution in [3.8, 4) is 0 Å². The lowest BCUT2D eigenvalue weighted by molar-refractivity contribution is 0.0700. The first-order valence-corrected chi connectivity index (χ1v) is 7.78. The van der Waals surface area contributed by atoms with Crippen LogP contribution in [0, 0.1) is 3.57 Å². The van der Waals surface area contributed by atoms with Crippen LogP contribution >= 0.6 is 34.2 Å². The van der Waals surface area contributed by atoms with Crippen LogP contribution in [-0.4, -0.2) is 29.3 Å². The molecule has 1 aliphatic rings. The summed E-state index contributed by atoms with van der Waals surface area (Å²) >= 11 is 8.57. The van der Waals surface area contributed by atoms with Crippen molar-refractivity contribution >= 4 is 40.1 Å². The number of benzene rings is 1. The van der Waals surface area contributed by atoms with Crippen LogP contribution in [0.2, 0.25) is 0 Å². The van der Waals surface area contributed by atoms with E-state index in [1.807, 2.05) is 36.2 Å². The zero-order valence-corrected chi connectivity index (χ0v) is 13.3. The number of alkyl halides is 1. The fourth-order valence-corrected chi connectivity index (χ4v) is 3.47. The third-order valence-electron chi connectivity index (χ3n) is 3.54. The molecule has 2 unspecified atom stereocenters. The normalized spacial score (nSPS) is 23.7. The number of hydrogen-bond acceptors (Lipinski definition) is 1. The van der Waals surface area contributed by atoms with Crippen molar-refractivity contribution < 1.29 is 4.79 Å². The molecule has 1 amide bonds. The van der Waals surface area contributed by atoms with E-state index in [4.69, 9.17) is 11.6 Å². The Balaban J connectivity index is 2.13. The third-order valence-corrected chi connectivity index (χ3v) is 4.72. The molecule has 18 heavy (non-hydrogen) atoms. The minimum atomic E-state index is 0.0751. The van der Waals surface area contributed by atoms with Gasteiger partial charge in [-0.3, -0.25) is 4.79 Å². The Morgan fingerprint density at radius 3 is 2.78 bits per heavy atom. The van der Waals surface area contributed by atoms with Crippen molar-refractivity contribution in [3.63, 3.8) is 0 Å². The molecule has 0 N–H and O–H groups in total. The van der Waals surface area contributed by atoms with Crippen LogP contribution in [0.5, 0.6) is 0 Å². The molecule has 1 aromatic rings. The highest BCUT2D eigenvalue weighted by molar-refractivity contribution is 14.1. The lowest BCUT2D eigenvalue weighted by Gasteiger charge is -2.35. The molecule has 0 aliphatic heterocycles. The third kappa shape index (κ3) is 3.18. The summed E-state index contributed by atoms with van der Waals surface area (Å²) in [5.74, 6) is 0.0751. The highest BCUT2D eigenvalue weighted by Crippen LogP contribution is 2.27. The molecule has 0 radical (unpaired) electrons. The average Bonchev–Trinajstić information content (AvgIpc) is 2.37. The van der Waals surface area contributed by atoms with Gasteiger partial charge < -0.3 is 4.90 Å². The molecule has 1 aromatic carbocycles. The standard InChI is InChI=1S/C14H17ClINO/c1-17(13-8-3-2-7-12(13)15)14(18)10-5-4-6-11(16)9-10/h4-6,9,12-13H,2-3,7-8H2,1H3. The van der Waals surface area contributed by atoms with Crippen molar-refractivity contribution in [3.05, 3.63) is 33.4 Å². The van der Waals surface area contributed by atoms with Crippen molar-refractivity contribution in [2.45, 2.75) is 37.1 Å². The minimum absolute atomic E-state index is 0.0751. The molecule has 1 saturated carbocycles. The average molecular weight is 378 g/mol. The van der Waals surface area contributed by atoms with Crippen LogP contribution in [-0.2, 0) is 0 Å². The van der Waals surface area contributed by atoms with Gasteiger partial charge in [0.1, 0.15) is 0 Å². The number of carbonyl (C=O) groups is 1. The zero-order chi connectivity index (χ0) is 13.1. The van der Waals surface area contributed by atoms with Gasteiger partial charge in [-0.1, -0.05) is 18.9 Å². The van der Waals surface area contributed by atoms with Crippen LogP contribution in [0.15, 0.2) is 24.3 Å². The predicted octanol–water partition coefficient (Wildman–Crippen LogP) is 3.91. The van der Waals surface area contributed by atoms with E-state index in [9.17, 15) is 4.79 Å². The van der Waals surface area contributed by atoms with Crippen LogP contribution in [0.1, 0.15) is 36.0 Å². The Hall–Kier alpha value is -0.290. The van der Waals surface area contributed by atoms with Crippen LogP contribution in [0.25, 0.3) is 0 Å². The zero-order valence-electron chi connectivity index (χ0n) is 10.4. The van der Waals surface area contributed by atoms with Gasteiger partial charge in [-0.25, -0.2) is 0 Å². The molecule has 0 bridgehead atoms. The lowest BCUT2D eigenvalue weighted by atomic mass is 9.93. The molecular weight excluding hydrogens is 361 g/mol. The summed E-state index contributed by atoms with van der Waals surface area (Å²) in [6, 6.07) is 7.87. The molecule has 1 aliphatic carbocycles. The fraction of sp³-hybridized carbons (Fsp3) is 0.500. The second-order valence-corrected chi connectivity index (χ2v) is 6.60. The lowest BCUT2D eigenvalue weighted by Crippen LogP contribution is -2.44. The van der Waals surface area contributed by atoms with E-state index in [1.54, 1.807) is 0 Å². The van der Waals surface area contributed by atoms with Gasteiger partial charge in [0.25, 0.3) is 5.91 Å². The van der Waals surface area contributed by atoms with Gasteiger partial charge in [0, 0.05) is 22.2 Å². The quantitative estimate of drug-likeness (QED) is 0.565. The van der Waals surface area contributed by atoms with E-state index in [2.05, 4.69) is 22.6 Å². The summed E-state index contributed by atoms with van der Waals surface area (Å²) in [4.78, 5) is 14.2. The maximum atomic E-state index is 12.4. The van der Waals surface area contributed by atoms with E-state index in [0.29, 0.717) is 0 Å². The summed E-state index contributed by atoms with van der Waals surface area (Å²) < 4.78 is 1.08. The molecule has 2 rings (SSSR count). The van der Waals surface area contributed by atoms with Crippen molar-refractivity contribution in [2.75, 3.05) is 7.05 Å². The van der Waals surface area contributed by atoms with Gasteiger partial charge in [-0.2, -0.15) is 0 Å². The van der Waals surface area contributed by atoms with Crippen molar-refractivity contribution in [2.24, 2.45) is 0 Å². The summed E-state index contributed by atoms with van der Waals surface area (Å²) in [5.41, 5.74) is 0.749. The molecule has 0 saturated heterocycles. The second kappa shape index (κ2) is 6.24. The van der Waals surface area contributed by atoms with E-state index in [-0.39, 0.29) is 17.3 Å². The fourth-order valence-electron chi connectivity index (χ4n) is 2.48. The molecule has 1 fully saturated rings. The van der Waals surface area contributed by atoms with Crippen molar-refractivity contribution in [1.29, 1.82) is 0 Å². The Morgan fingerprint density at radius 1 is 1.39 bits per heavy atom. The summed E-state index contributed by atoms with van der Waals surface area (Å²) in [5, 5.41) is 0.0930. The molecule has 2 nitrogen and oxygen atoms in total. The Bertz CT molecular complexity index is 438. The number of hydrogen-bond donors (Lipinski definition) is 0. The summed E-state index contributed by atoms with van der Waals surface area (Å²) in [6.45, 7) is 0. The molecule has 0 spiro atoms. The van der Waals surface area contributed by atoms with Crippen molar-refractivity contribution in [1.82, 2.24) is 4.90 Å². The maximum absolute atomic E-state index is 12.4. The highest BCUT2D eigenvalue weighted by Gasteiger charge is 2.29. The monoisotopic (exact) mass is 377 g/mol. The number of carbonyl (C=O) groups excluding carboxylic acids is 1. The van der Waals surface area contributed by atoms with E-state index in [1.165, 1.54) is 6.42 Å². The minimum Gasteiger partial charge on any atom is -0.337 e. The smallest absolute Gasteiger partial charge is 0.253 e. The van der Waals surface area contributed by atoms with Crippen LogP contribution in [0.3, 0.4) is 0 Å². The molecule has 0 heterocycles. The number of amides is 1. The Kier molecular flexibility index (Phi) is 4.90. The number of halogens is 2. The van der Waals surface area contributed by atoms with Gasteiger partial charge in [0.15, 0.2) is 0 Å². The SMILES string of the molecule is CN(C(=O)c1cccc(I)c1)C1CCCCC1Cl. The molecule has 4 heteroatoms. The summed E-state index contributed by atoms with van der Waals surface area (Å²) in [6.07, 6.45) is 4.37. The molecule has 98 valence electrons. The van der Waals surface area contributed by atoms with E-state index in [0.717, 1.165) is 28.4 Å². The first-order valence-electron chi connectivity index (χ1n) is 6.26. The molecule has 2 atom stereocenters.